The van der Waals surface area contributed by atoms with Crippen molar-refractivity contribution in [1.82, 2.24) is 9.97 Å². The molecule has 0 amide bonds. The smallest absolute Gasteiger partial charge is 0.238 e. The average molecular weight is 298 g/mol. The van der Waals surface area contributed by atoms with Gasteiger partial charge in [-0.05, 0) is 34.5 Å². The molecule has 1 aromatic carbocycles. The zero-order valence-corrected chi connectivity index (χ0v) is 10.5. The fraction of sp³-hybridized carbons (Fsp3) is 0.0909. The molecule has 0 unspecified atom stereocenters. The second-order valence-corrected chi connectivity index (χ2v) is 4.25. The van der Waals surface area contributed by atoms with E-state index in [1.54, 1.807) is 6.07 Å². The molecule has 0 atom stereocenters. The minimum absolute atomic E-state index is 0.0947. The van der Waals surface area contributed by atoms with E-state index < -0.39 is 0 Å². The van der Waals surface area contributed by atoms with Gasteiger partial charge >= 0.3 is 0 Å². The molecule has 0 saturated carbocycles. The van der Waals surface area contributed by atoms with E-state index >= 15 is 0 Å². The molecule has 17 heavy (non-hydrogen) atoms. The molecule has 88 valence electrons. The molecule has 2 aromatic rings. The molecule has 2 rings (SSSR count). The van der Waals surface area contributed by atoms with E-state index in [0.29, 0.717) is 10.2 Å². The van der Waals surface area contributed by atoms with Crippen LogP contribution >= 0.6 is 15.9 Å². The van der Waals surface area contributed by atoms with Gasteiger partial charge in [-0.1, -0.05) is 6.07 Å². The summed E-state index contributed by atoms with van der Waals surface area (Å²) in [5, 5.41) is 0. The number of rotatable bonds is 2. The lowest BCUT2D eigenvalue weighted by Crippen LogP contribution is -1.98. The van der Waals surface area contributed by atoms with Crippen molar-refractivity contribution in [3.05, 3.63) is 40.2 Å². The summed E-state index contributed by atoms with van der Waals surface area (Å²) in [5.41, 5.74) is 6.25. The van der Waals surface area contributed by atoms with Crippen LogP contribution in [-0.4, -0.2) is 9.97 Å². The van der Waals surface area contributed by atoms with Crippen LogP contribution in [0.4, 0.5) is 10.3 Å². The number of aryl methyl sites for hydroxylation is 1. The number of aromatic nitrogens is 2. The van der Waals surface area contributed by atoms with Crippen molar-refractivity contribution in [1.29, 1.82) is 0 Å². The predicted octanol–water partition coefficient (Wildman–Crippen LogP) is 3.06. The molecule has 0 radical (unpaired) electrons. The predicted molar refractivity (Wildman–Crippen MR) is 65.4 cm³/mol. The summed E-state index contributed by atoms with van der Waals surface area (Å²) in [4.78, 5) is 7.70. The Bertz CT molecular complexity index is 513. The molecule has 0 fully saturated rings. The number of nitrogens with two attached hydrogens (primary N) is 1. The molecular formula is C11H9BrFN3O. The van der Waals surface area contributed by atoms with Gasteiger partial charge in [0.05, 0.1) is 10.7 Å². The van der Waals surface area contributed by atoms with Crippen LogP contribution in [0, 0.1) is 12.7 Å². The number of nitrogens with zero attached hydrogens (tertiary/aromatic N) is 2. The van der Waals surface area contributed by atoms with Gasteiger partial charge in [0.1, 0.15) is 11.6 Å². The summed E-state index contributed by atoms with van der Waals surface area (Å²) in [5.74, 6) is 0.371. The second-order valence-electron chi connectivity index (χ2n) is 3.39. The first-order chi connectivity index (χ1) is 8.06. The summed E-state index contributed by atoms with van der Waals surface area (Å²) in [6, 6.07) is 4.29. The van der Waals surface area contributed by atoms with Gasteiger partial charge in [-0.25, -0.2) is 9.37 Å². The Morgan fingerprint density at radius 3 is 2.94 bits per heavy atom. The summed E-state index contributed by atoms with van der Waals surface area (Å²) in [6.07, 6.45) is 1.48. The van der Waals surface area contributed by atoms with Gasteiger partial charge in [-0.2, -0.15) is 4.98 Å². The maximum absolute atomic E-state index is 13.1. The van der Waals surface area contributed by atoms with E-state index in [1.807, 2.05) is 6.92 Å². The van der Waals surface area contributed by atoms with Crippen LogP contribution in [0.5, 0.6) is 11.6 Å². The second kappa shape index (κ2) is 4.67. The van der Waals surface area contributed by atoms with Crippen molar-refractivity contribution in [2.75, 3.05) is 5.73 Å². The first kappa shape index (κ1) is 11.8. The number of anilines is 1. The summed E-state index contributed by atoms with van der Waals surface area (Å²) in [6.45, 7) is 1.81. The van der Waals surface area contributed by atoms with E-state index in [-0.39, 0.29) is 17.6 Å². The SMILES string of the molecule is Cc1ccc(F)cc1Oc1nc(N)ncc1Br. The summed E-state index contributed by atoms with van der Waals surface area (Å²) in [7, 11) is 0. The molecule has 2 N–H and O–H groups in total. The third-order valence-corrected chi connectivity index (χ3v) is 2.63. The Labute approximate surface area is 106 Å². The van der Waals surface area contributed by atoms with Gasteiger partial charge in [0.2, 0.25) is 11.8 Å². The Balaban J connectivity index is 2.37. The quantitative estimate of drug-likeness (QED) is 0.925. The van der Waals surface area contributed by atoms with E-state index in [4.69, 9.17) is 10.5 Å². The van der Waals surface area contributed by atoms with Crippen LogP contribution in [0.2, 0.25) is 0 Å². The van der Waals surface area contributed by atoms with Crippen LogP contribution in [0.25, 0.3) is 0 Å². The van der Waals surface area contributed by atoms with Crippen molar-refractivity contribution in [3.8, 4) is 11.6 Å². The first-order valence-corrected chi connectivity index (χ1v) is 5.57. The minimum Gasteiger partial charge on any atom is -0.437 e. The number of ether oxygens (including phenoxy) is 1. The zero-order chi connectivity index (χ0) is 12.4. The van der Waals surface area contributed by atoms with E-state index in [0.717, 1.165) is 5.56 Å². The average Bonchev–Trinajstić information content (AvgIpc) is 2.28. The van der Waals surface area contributed by atoms with Crippen LogP contribution in [0.15, 0.2) is 28.9 Å². The standard InChI is InChI=1S/C11H9BrFN3O/c1-6-2-3-7(13)4-9(6)17-10-8(12)5-15-11(14)16-10/h2-5H,1H3,(H2,14,15,16). The van der Waals surface area contributed by atoms with Gasteiger partial charge in [-0.3, -0.25) is 0 Å². The monoisotopic (exact) mass is 297 g/mol. The van der Waals surface area contributed by atoms with Crippen LogP contribution in [-0.2, 0) is 0 Å². The lowest BCUT2D eigenvalue weighted by atomic mass is 10.2. The number of hydrogen-bond donors (Lipinski definition) is 1. The van der Waals surface area contributed by atoms with Gasteiger partial charge in [0, 0.05) is 6.07 Å². The third kappa shape index (κ3) is 2.71. The topological polar surface area (TPSA) is 61.0 Å². The lowest BCUT2D eigenvalue weighted by Gasteiger charge is -2.09. The van der Waals surface area contributed by atoms with E-state index in [1.165, 1.54) is 18.3 Å². The maximum atomic E-state index is 13.1. The highest BCUT2D eigenvalue weighted by molar-refractivity contribution is 9.10. The molecular weight excluding hydrogens is 289 g/mol. The van der Waals surface area contributed by atoms with Gasteiger partial charge in [-0.15, -0.1) is 0 Å². The molecule has 6 heteroatoms. The number of hydrogen-bond acceptors (Lipinski definition) is 4. The molecule has 0 aliphatic rings. The highest BCUT2D eigenvalue weighted by Crippen LogP contribution is 2.29. The van der Waals surface area contributed by atoms with Crippen LogP contribution < -0.4 is 10.5 Å². The molecule has 0 spiro atoms. The molecule has 0 aliphatic heterocycles. The number of benzene rings is 1. The van der Waals surface area contributed by atoms with Gasteiger partial charge in [0.15, 0.2) is 0 Å². The van der Waals surface area contributed by atoms with Gasteiger partial charge in [0.25, 0.3) is 0 Å². The highest BCUT2D eigenvalue weighted by Gasteiger charge is 2.08. The van der Waals surface area contributed by atoms with Crippen molar-refractivity contribution >= 4 is 21.9 Å². The summed E-state index contributed by atoms with van der Waals surface area (Å²) < 4.78 is 19.1. The van der Waals surface area contributed by atoms with E-state index in [9.17, 15) is 4.39 Å². The fourth-order valence-electron chi connectivity index (χ4n) is 1.22. The Kier molecular flexibility index (Phi) is 3.23. The van der Waals surface area contributed by atoms with Crippen LogP contribution in [0.3, 0.4) is 0 Å². The molecule has 0 saturated heterocycles. The third-order valence-electron chi connectivity index (χ3n) is 2.09. The first-order valence-electron chi connectivity index (χ1n) is 4.78. The number of nitrogen functional groups attached to an aromatic ring is 1. The van der Waals surface area contributed by atoms with E-state index in [2.05, 4.69) is 25.9 Å². The maximum Gasteiger partial charge on any atom is 0.238 e. The molecule has 0 aliphatic carbocycles. The van der Waals surface area contributed by atoms with Crippen molar-refractivity contribution in [2.45, 2.75) is 6.92 Å². The van der Waals surface area contributed by atoms with Gasteiger partial charge < -0.3 is 10.5 Å². The fourth-order valence-corrected chi connectivity index (χ4v) is 1.50. The number of halogens is 2. The van der Waals surface area contributed by atoms with Crippen molar-refractivity contribution in [2.24, 2.45) is 0 Å². The van der Waals surface area contributed by atoms with Crippen LogP contribution in [0.1, 0.15) is 5.56 Å². The molecule has 4 nitrogen and oxygen atoms in total. The Hall–Kier alpha value is -1.69. The zero-order valence-electron chi connectivity index (χ0n) is 8.95. The van der Waals surface area contributed by atoms with Crippen molar-refractivity contribution < 1.29 is 9.13 Å². The molecule has 0 bridgehead atoms. The minimum atomic E-state index is -0.372. The normalized spacial score (nSPS) is 10.3. The molecule has 1 heterocycles. The summed E-state index contributed by atoms with van der Waals surface area (Å²) >= 11 is 3.23. The largest absolute Gasteiger partial charge is 0.437 e. The molecule has 1 aromatic heterocycles. The Morgan fingerprint density at radius 2 is 2.18 bits per heavy atom. The highest BCUT2D eigenvalue weighted by atomic mass is 79.9. The lowest BCUT2D eigenvalue weighted by molar-refractivity contribution is 0.451. The van der Waals surface area contributed by atoms with Crippen molar-refractivity contribution in [3.63, 3.8) is 0 Å². The Morgan fingerprint density at radius 1 is 1.41 bits per heavy atom.